The fourth-order valence-electron chi connectivity index (χ4n) is 3.68. The van der Waals surface area contributed by atoms with Gasteiger partial charge in [0.05, 0.1) is 5.92 Å². The molecule has 1 aliphatic rings. The van der Waals surface area contributed by atoms with Crippen molar-refractivity contribution in [2.75, 3.05) is 18.4 Å². The Bertz CT molecular complexity index is 942. The third-order valence-electron chi connectivity index (χ3n) is 5.07. The topological polar surface area (TPSA) is 41.1 Å². The van der Waals surface area contributed by atoms with E-state index in [1.54, 1.807) is 6.07 Å². The molecule has 0 radical (unpaired) electrons. The minimum absolute atomic E-state index is 0.0296. The standard InChI is InChI=1S/C23H21FN2O/c24-19-10-4-9-18(12-19)21-14-25-15-22(21)23(27)26-20-11-5-8-17(13-20)16-6-2-1-3-7-16/h1-13,21-22,25H,14-15H2,(H,26,27). The summed E-state index contributed by atoms with van der Waals surface area (Å²) < 4.78 is 13.6. The fourth-order valence-corrected chi connectivity index (χ4v) is 3.68. The van der Waals surface area contributed by atoms with E-state index in [2.05, 4.69) is 10.6 Å². The molecule has 0 spiro atoms. The van der Waals surface area contributed by atoms with Gasteiger partial charge >= 0.3 is 0 Å². The van der Waals surface area contributed by atoms with Crippen molar-refractivity contribution in [2.45, 2.75) is 5.92 Å². The van der Waals surface area contributed by atoms with E-state index in [1.807, 2.05) is 60.7 Å². The predicted octanol–water partition coefficient (Wildman–Crippen LogP) is 4.43. The predicted molar refractivity (Wildman–Crippen MR) is 106 cm³/mol. The highest BCUT2D eigenvalue weighted by Crippen LogP contribution is 2.30. The number of hydrogen-bond donors (Lipinski definition) is 2. The smallest absolute Gasteiger partial charge is 0.229 e. The lowest BCUT2D eigenvalue weighted by molar-refractivity contribution is -0.119. The van der Waals surface area contributed by atoms with E-state index in [1.165, 1.54) is 12.1 Å². The Morgan fingerprint density at radius 2 is 1.67 bits per heavy atom. The highest BCUT2D eigenvalue weighted by atomic mass is 19.1. The average Bonchev–Trinajstić information content (AvgIpc) is 3.19. The summed E-state index contributed by atoms with van der Waals surface area (Å²) in [5, 5.41) is 6.30. The van der Waals surface area contributed by atoms with E-state index in [9.17, 15) is 9.18 Å². The number of amides is 1. The monoisotopic (exact) mass is 360 g/mol. The van der Waals surface area contributed by atoms with Crippen LogP contribution in [0.1, 0.15) is 11.5 Å². The van der Waals surface area contributed by atoms with Gasteiger partial charge in [-0.3, -0.25) is 4.79 Å². The molecule has 2 atom stereocenters. The Balaban J connectivity index is 1.52. The van der Waals surface area contributed by atoms with Crippen LogP contribution < -0.4 is 10.6 Å². The molecule has 0 aliphatic carbocycles. The first kappa shape index (κ1) is 17.4. The van der Waals surface area contributed by atoms with E-state index >= 15 is 0 Å². The number of carbonyl (C=O) groups is 1. The maximum atomic E-state index is 13.6. The summed E-state index contributed by atoms with van der Waals surface area (Å²) in [6.07, 6.45) is 0. The van der Waals surface area contributed by atoms with Crippen LogP contribution in [-0.2, 0) is 4.79 Å². The summed E-state index contributed by atoms with van der Waals surface area (Å²) in [5.74, 6) is -0.571. The number of carbonyl (C=O) groups excluding carboxylic acids is 1. The van der Waals surface area contributed by atoms with Gasteiger partial charge in [-0.1, -0.05) is 54.6 Å². The van der Waals surface area contributed by atoms with E-state index < -0.39 is 0 Å². The molecule has 1 amide bonds. The quantitative estimate of drug-likeness (QED) is 0.722. The van der Waals surface area contributed by atoms with Crippen LogP contribution in [0.15, 0.2) is 78.9 Å². The van der Waals surface area contributed by atoms with Gasteiger partial charge in [0.2, 0.25) is 5.91 Å². The molecular weight excluding hydrogens is 339 g/mol. The molecule has 4 rings (SSSR count). The average molecular weight is 360 g/mol. The molecule has 3 aromatic carbocycles. The lowest BCUT2D eigenvalue weighted by atomic mass is 9.88. The molecule has 27 heavy (non-hydrogen) atoms. The van der Waals surface area contributed by atoms with Gasteiger partial charge in [-0.2, -0.15) is 0 Å². The Kier molecular flexibility index (Phi) is 4.99. The number of benzene rings is 3. The van der Waals surface area contributed by atoms with Gasteiger partial charge in [0.15, 0.2) is 0 Å². The molecule has 2 unspecified atom stereocenters. The maximum Gasteiger partial charge on any atom is 0.229 e. The summed E-state index contributed by atoms with van der Waals surface area (Å²) in [5.41, 5.74) is 3.79. The number of anilines is 1. The lowest BCUT2D eigenvalue weighted by Crippen LogP contribution is -2.28. The molecule has 2 N–H and O–H groups in total. The van der Waals surface area contributed by atoms with Crippen molar-refractivity contribution in [1.29, 1.82) is 0 Å². The van der Waals surface area contributed by atoms with Gasteiger partial charge in [-0.05, 0) is 41.0 Å². The highest BCUT2D eigenvalue weighted by Gasteiger charge is 2.34. The molecule has 1 fully saturated rings. The summed E-state index contributed by atoms with van der Waals surface area (Å²) in [7, 11) is 0. The van der Waals surface area contributed by atoms with Crippen molar-refractivity contribution >= 4 is 11.6 Å². The summed E-state index contributed by atoms with van der Waals surface area (Å²) in [4.78, 5) is 12.9. The molecular formula is C23H21FN2O. The second-order valence-electron chi connectivity index (χ2n) is 6.86. The first-order chi connectivity index (χ1) is 13.2. The Hall–Kier alpha value is -2.98. The molecule has 0 saturated carbocycles. The van der Waals surface area contributed by atoms with Gasteiger partial charge in [0.1, 0.15) is 5.82 Å². The van der Waals surface area contributed by atoms with E-state index in [-0.39, 0.29) is 23.6 Å². The Morgan fingerprint density at radius 1 is 0.889 bits per heavy atom. The molecule has 1 aliphatic heterocycles. The minimum atomic E-state index is -0.269. The van der Waals surface area contributed by atoms with Crippen LogP contribution in [0.4, 0.5) is 10.1 Å². The molecule has 0 aromatic heterocycles. The molecule has 1 saturated heterocycles. The van der Waals surface area contributed by atoms with E-state index in [0.29, 0.717) is 13.1 Å². The van der Waals surface area contributed by atoms with Crippen LogP contribution in [0, 0.1) is 11.7 Å². The van der Waals surface area contributed by atoms with Crippen LogP contribution in [-0.4, -0.2) is 19.0 Å². The second kappa shape index (κ2) is 7.72. The van der Waals surface area contributed by atoms with Gasteiger partial charge in [0, 0.05) is 24.7 Å². The second-order valence-corrected chi connectivity index (χ2v) is 6.86. The fraction of sp³-hybridized carbons (Fsp3) is 0.174. The summed E-state index contributed by atoms with van der Waals surface area (Å²) in [6.45, 7) is 1.26. The van der Waals surface area contributed by atoms with Gasteiger partial charge in [0.25, 0.3) is 0 Å². The number of rotatable bonds is 4. The number of nitrogens with one attached hydrogen (secondary N) is 2. The van der Waals surface area contributed by atoms with Crippen molar-refractivity contribution in [1.82, 2.24) is 5.32 Å². The van der Waals surface area contributed by atoms with E-state index in [0.717, 1.165) is 22.4 Å². The van der Waals surface area contributed by atoms with E-state index in [4.69, 9.17) is 0 Å². The van der Waals surface area contributed by atoms with Crippen molar-refractivity contribution in [2.24, 2.45) is 5.92 Å². The summed E-state index contributed by atoms with van der Waals surface area (Å²) in [6, 6.07) is 24.4. The van der Waals surface area contributed by atoms with Crippen molar-refractivity contribution in [3.63, 3.8) is 0 Å². The van der Waals surface area contributed by atoms with Crippen LogP contribution in [0.25, 0.3) is 11.1 Å². The van der Waals surface area contributed by atoms with Gasteiger partial charge < -0.3 is 10.6 Å². The normalized spacial score (nSPS) is 19.0. The SMILES string of the molecule is O=C(Nc1cccc(-c2ccccc2)c1)C1CNCC1c1cccc(F)c1. The zero-order valence-corrected chi connectivity index (χ0v) is 14.9. The van der Waals surface area contributed by atoms with Gasteiger partial charge in [-0.15, -0.1) is 0 Å². The first-order valence-electron chi connectivity index (χ1n) is 9.13. The number of halogens is 1. The zero-order chi connectivity index (χ0) is 18.6. The third kappa shape index (κ3) is 3.91. The van der Waals surface area contributed by atoms with Crippen LogP contribution in [0.5, 0.6) is 0 Å². The van der Waals surface area contributed by atoms with Crippen LogP contribution in [0.3, 0.4) is 0 Å². The molecule has 0 bridgehead atoms. The van der Waals surface area contributed by atoms with Crippen LogP contribution >= 0.6 is 0 Å². The molecule has 1 heterocycles. The maximum absolute atomic E-state index is 13.6. The summed E-state index contributed by atoms with van der Waals surface area (Å²) >= 11 is 0. The first-order valence-corrected chi connectivity index (χ1v) is 9.13. The molecule has 3 aromatic rings. The Labute approximate surface area is 158 Å². The van der Waals surface area contributed by atoms with Crippen LogP contribution in [0.2, 0.25) is 0 Å². The van der Waals surface area contributed by atoms with Crippen molar-refractivity contribution in [3.8, 4) is 11.1 Å². The zero-order valence-electron chi connectivity index (χ0n) is 14.9. The molecule has 136 valence electrons. The Morgan fingerprint density at radius 3 is 2.48 bits per heavy atom. The number of hydrogen-bond acceptors (Lipinski definition) is 2. The van der Waals surface area contributed by atoms with Gasteiger partial charge in [-0.25, -0.2) is 4.39 Å². The molecule has 3 nitrogen and oxygen atoms in total. The highest BCUT2D eigenvalue weighted by molar-refractivity contribution is 5.94. The lowest BCUT2D eigenvalue weighted by Gasteiger charge is -2.19. The van der Waals surface area contributed by atoms with Crippen molar-refractivity contribution in [3.05, 3.63) is 90.2 Å². The largest absolute Gasteiger partial charge is 0.326 e. The molecule has 4 heteroatoms. The third-order valence-corrected chi connectivity index (χ3v) is 5.07. The van der Waals surface area contributed by atoms with Crippen molar-refractivity contribution < 1.29 is 9.18 Å². The minimum Gasteiger partial charge on any atom is -0.326 e.